The minimum Gasteiger partial charge on any atom is -0.455 e. The molecule has 230 valence electrons. The monoisotopic (exact) mass is 607 g/mol. The maximum absolute atomic E-state index is 13.6. The number of aliphatic hydroxyl groups is 1. The third-order valence-corrected chi connectivity index (χ3v) is 8.41. The van der Waals surface area contributed by atoms with Crippen molar-refractivity contribution in [3.05, 3.63) is 94.0 Å². The number of piperidine rings is 1. The summed E-state index contributed by atoms with van der Waals surface area (Å²) >= 11 is 6.74. The standard InChI is InChI=1S/C34H42ClN3O5/c1-4-24-9-5-11-28(21-24)43-31-29(12-6-13-30(31)35)34(41,18-8-19-37-33(40)42-3)27-10-7-20-38(23-27)32(39)26-16-14-25(15-17-26)22-36-2/h5-6,9,11-17,21,27,36,41H,4,7-8,10,18-20,22-23H2,1-3H3,(H,37,40)/t27-,34+/m1/s1. The summed E-state index contributed by atoms with van der Waals surface area (Å²) in [5, 5.41) is 18.9. The van der Waals surface area contributed by atoms with Crippen LogP contribution in [-0.2, 0) is 23.3 Å². The number of carbonyl (C=O) groups is 2. The van der Waals surface area contributed by atoms with E-state index in [2.05, 4.69) is 17.6 Å². The molecule has 0 aromatic heterocycles. The van der Waals surface area contributed by atoms with Crippen LogP contribution in [0.5, 0.6) is 11.5 Å². The lowest BCUT2D eigenvalue weighted by Crippen LogP contribution is -2.48. The Morgan fingerprint density at radius 3 is 2.58 bits per heavy atom. The van der Waals surface area contributed by atoms with Crippen LogP contribution in [0.1, 0.15) is 59.7 Å². The number of hydrogen-bond acceptors (Lipinski definition) is 6. The van der Waals surface area contributed by atoms with Crippen LogP contribution in [0.4, 0.5) is 4.79 Å². The van der Waals surface area contributed by atoms with E-state index in [4.69, 9.17) is 21.1 Å². The van der Waals surface area contributed by atoms with Crippen molar-refractivity contribution in [3.63, 3.8) is 0 Å². The maximum Gasteiger partial charge on any atom is 0.406 e. The molecule has 0 spiro atoms. The fourth-order valence-electron chi connectivity index (χ4n) is 5.78. The molecule has 0 radical (unpaired) electrons. The molecule has 1 heterocycles. The van der Waals surface area contributed by atoms with Crippen molar-refractivity contribution in [2.75, 3.05) is 33.8 Å². The van der Waals surface area contributed by atoms with Gasteiger partial charge < -0.3 is 30.1 Å². The number of carbonyl (C=O) groups excluding carboxylic acids is 2. The Balaban J connectivity index is 1.65. The van der Waals surface area contributed by atoms with Crippen LogP contribution >= 0.6 is 11.6 Å². The Bertz CT molecular complexity index is 1380. The number of hydrogen-bond donors (Lipinski definition) is 3. The summed E-state index contributed by atoms with van der Waals surface area (Å²) in [6.07, 6.45) is 2.57. The molecule has 2 atom stereocenters. The third kappa shape index (κ3) is 8.07. The van der Waals surface area contributed by atoms with Crippen molar-refractivity contribution in [1.29, 1.82) is 0 Å². The molecule has 1 aliphatic rings. The van der Waals surface area contributed by atoms with Crippen molar-refractivity contribution < 1.29 is 24.2 Å². The molecule has 0 unspecified atom stereocenters. The Hall–Kier alpha value is -3.59. The van der Waals surface area contributed by atoms with E-state index in [0.717, 1.165) is 30.5 Å². The summed E-state index contributed by atoms with van der Waals surface area (Å²) in [6.45, 7) is 4.10. The number of halogens is 1. The molecule has 3 aromatic carbocycles. The zero-order chi connectivity index (χ0) is 30.8. The van der Waals surface area contributed by atoms with Gasteiger partial charge in [0.15, 0.2) is 5.75 Å². The van der Waals surface area contributed by atoms with Crippen LogP contribution in [0.15, 0.2) is 66.7 Å². The molecule has 0 aliphatic carbocycles. The van der Waals surface area contributed by atoms with Gasteiger partial charge in [0.1, 0.15) is 5.75 Å². The van der Waals surface area contributed by atoms with E-state index < -0.39 is 11.7 Å². The summed E-state index contributed by atoms with van der Waals surface area (Å²) in [6, 6.07) is 20.8. The molecule has 4 rings (SSSR count). The number of methoxy groups -OCH3 is 1. The van der Waals surface area contributed by atoms with Gasteiger partial charge in [0.05, 0.1) is 17.7 Å². The number of likely N-dealkylation sites (tertiary alicyclic amines) is 1. The highest BCUT2D eigenvalue weighted by Crippen LogP contribution is 2.46. The smallest absolute Gasteiger partial charge is 0.406 e. The van der Waals surface area contributed by atoms with Crippen molar-refractivity contribution in [1.82, 2.24) is 15.5 Å². The van der Waals surface area contributed by atoms with E-state index in [0.29, 0.717) is 66.5 Å². The average molecular weight is 608 g/mol. The van der Waals surface area contributed by atoms with Gasteiger partial charge in [-0.3, -0.25) is 4.79 Å². The van der Waals surface area contributed by atoms with Gasteiger partial charge in [0, 0.05) is 43.2 Å². The number of aryl methyl sites for hydroxylation is 1. The summed E-state index contributed by atoms with van der Waals surface area (Å²) in [5.41, 5.74) is 2.01. The summed E-state index contributed by atoms with van der Waals surface area (Å²) in [7, 11) is 3.20. The largest absolute Gasteiger partial charge is 0.455 e. The lowest BCUT2D eigenvalue weighted by Gasteiger charge is -2.43. The van der Waals surface area contributed by atoms with Crippen molar-refractivity contribution in [2.45, 2.75) is 51.2 Å². The van der Waals surface area contributed by atoms with Crippen molar-refractivity contribution in [2.24, 2.45) is 5.92 Å². The summed E-state index contributed by atoms with van der Waals surface area (Å²) in [4.78, 5) is 27.1. The van der Waals surface area contributed by atoms with Gasteiger partial charge in [-0.15, -0.1) is 0 Å². The zero-order valence-electron chi connectivity index (χ0n) is 25.2. The average Bonchev–Trinajstić information content (AvgIpc) is 3.04. The number of alkyl carbamates (subject to hydrolysis) is 1. The first-order valence-corrected chi connectivity index (χ1v) is 15.3. The topological polar surface area (TPSA) is 100 Å². The summed E-state index contributed by atoms with van der Waals surface area (Å²) in [5.74, 6) is 0.666. The van der Waals surface area contributed by atoms with Gasteiger partial charge in [-0.05, 0) is 80.6 Å². The molecule has 9 heteroatoms. The van der Waals surface area contributed by atoms with Gasteiger partial charge in [0.2, 0.25) is 0 Å². The number of ether oxygens (including phenoxy) is 2. The molecular weight excluding hydrogens is 566 g/mol. The SMILES string of the molecule is CCc1cccc(Oc2c(Cl)cccc2[C@](O)(CCCNC(=O)OC)[C@@H]2CCCN(C(=O)c3ccc(CNC)cc3)C2)c1. The molecule has 8 nitrogen and oxygen atoms in total. The zero-order valence-corrected chi connectivity index (χ0v) is 26.0. The van der Waals surface area contributed by atoms with Gasteiger partial charge in [0.25, 0.3) is 5.91 Å². The molecule has 1 fully saturated rings. The maximum atomic E-state index is 13.6. The van der Waals surface area contributed by atoms with Crippen LogP contribution in [0.2, 0.25) is 5.02 Å². The molecular formula is C34H42ClN3O5. The molecule has 1 aliphatic heterocycles. The molecule has 2 amide bonds. The Kier molecular flexibility index (Phi) is 11.4. The van der Waals surface area contributed by atoms with Crippen LogP contribution in [-0.4, -0.2) is 55.8 Å². The van der Waals surface area contributed by atoms with Crippen LogP contribution in [0.3, 0.4) is 0 Å². The first kappa shape index (κ1) is 32.3. The lowest BCUT2D eigenvalue weighted by atomic mass is 9.73. The highest BCUT2D eigenvalue weighted by Gasteiger charge is 2.43. The van der Waals surface area contributed by atoms with Crippen molar-refractivity contribution in [3.8, 4) is 11.5 Å². The number of para-hydroxylation sites is 1. The quantitative estimate of drug-likeness (QED) is 0.209. The van der Waals surface area contributed by atoms with Crippen LogP contribution < -0.4 is 15.4 Å². The second-order valence-corrected chi connectivity index (χ2v) is 11.4. The highest BCUT2D eigenvalue weighted by molar-refractivity contribution is 6.32. The minimum absolute atomic E-state index is 0.0608. The first-order chi connectivity index (χ1) is 20.8. The normalized spacial score (nSPS) is 16.3. The van der Waals surface area contributed by atoms with Gasteiger partial charge >= 0.3 is 6.09 Å². The number of rotatable bonds is 12. The number of nitrogens with zero attached hydrogens (tertiary/aromatic N) is 1. The Labute approximate surface area is 259 Å². The summed E-state index contributed by atoms with van der Waals surface area (Å²) < 4.78 is 11.1. The highest BCUT2D eigenvalue weighted by atomic mass is 35.5. The van der Waals surface area contributed by atoms with Gasteiger partial charge in [-0.2, -0.15) is 0 Å². The van der Waals surface area contributed by atoms with E-state index in [-0.39, 0.29) is 11.8 Å². The predicted molar refractivity (Wildman–Crippen MR) is 169 cm³/mol. The predicted octanol–water partition coefficient (Wildman–Crippen LogP) is 6.29. The lowest BCUT2D eigenvalue weighted by molar-refractivity contribution is -0.0578. The number of amides is 2. The molecule has 1 saturated heterocycles. The van der Waals surface area contributed by atoms with Gasteiger partial charge in [-0.25, -0.2) is 4.79 Å². The molecule has 0 bridgehead atoms. The van der Waals surface area contributed by atoms with Crippen LogP contribution in [0.25, 0.3) is 0 Å². The van der Waals surface area contributed by atoms with E-state index in [9.17, 15) is 14.7 Å². The minimum atomic E-state index is -1.39. The molecule has 3 N–H and O–H groups in total. The Morgan fingerprint density at radius 2 is 1.86 bits per heavy atom. The fraction of sp³-hybridized carbons (Fsp3) is 0.412. The second-order valence-electron chi connectivity index (χ2n) is 11.0. The van der Waals surface area contributed by atoms with E-state index in [1.54, 1.807) is 6.07 Å². The van der Waals surface area contributed by atoms with E-state index in [1.165, 1.54) is 7.11 Å². The molecule has 43 heavy (non-hydrogen) atoms. The fourth-order valence-corrected chi connectivity index (χ4v) is 6.00. The Morgan fingerprint density at radius 1 is 1.09 bits per heavy atom. The van der Waals surface area contributed by atoms with E-state index >= 15 is 0 Å². The van der Waals surface area contributed by atoms with Crippen LogP contribution in [0, 0.1) is 5.92 Å². The number of nitrogens with one attached hydrogen (secondary N) is 2. The molecule has 3 aromatic rings. The van der Waals surface area contributed by atoms with Crippen molar-refractivity contribution >= 4 is 23.6 Å². The second kappa shape index (κ2) is 15.2. The van der Waals surface area contributed by atoms with E-state index in [1.807, 2.05) is 72.6 Å². The number of benzene rings is 3. The molecule has 0 saturated carbocycles. The third-order valence-electron chi connectivity index (χ3n) is 8.12. The first-order valence-electron chi connectivity index (χ1n) is 14.9. The van der Waals surface area contributed by atoms with Gasteiger partial charge in [-0.1, -0.05) is 54.9 Å².